The van der Waals surface area contributed by atoms with Crippen LogP contribution >= 0.6 is 12.2 Å². The first-order valence-electron chi connectivity index (χ1n) is 7.02. The zero-order valence-corrected chi connectivity index (χ0v) is 12.9. The molecule has 1 aromatic carbocycles. The van der Waals surface area contributed by atoms with Crippen molar-refractivity contribution in [3.63, 3.8) is 0 Å². The van der Waals surface area contributed by atoms with Crippen LogP contribution in [0.5, 0.6) is 5.75 Å². The maximum atomic E-state index is 12.5. The fraction of sp³-hybridized carbons (Fsp3) is 0.133. The average Bonchev–Trinajstić information content (AvgIpc) is 2.87. The van der Waals surface area contributed by atoms with E-state index in [-0.39, 0.29) is 16.1 Å². The number of aromatic amines is 3. The lowest BCUT2D eigenvalue weighted by molar-refractivity contribution is 0.467. The summed E-state index contributed by atoms with van der Waals surface area (Å²) in [4.78, 5) is 18.1. The third-order valence-electron chi connectivity index (χ3n) is 4.04. The van der Waals surface area contributed by atoms with E-state index in [9.17, 15) is 9.90 Å². The minimum Gasteiger partial charge on any atom is -0.508 e. The molecule has 3 aromatic rings. The molecule has 4 rings (SSSR count). The highest BCUT2D eigenvalue weighted by atomic mass is 32.1. The zero-order valence-electron chi connectivity index (χ0n) is 12.1. The molecule has 23 heavy (non-hydrogen) atoms. The molecule has 0 radical (unpaired) electrons. The van der Waals surface area contributed by atoms with Gasteiger partial charge in [0.25, 0.3) is 5.56 Å². The topological polar surface area (TPSA) is 110 Å². The Labute approximate surface area is 135 Å². The third kappa shape index (κ3) is 1.99. The molecule has 116 valence electrons. The van der Waals surface area contributed by atoms with Crippen LogP contribution < -0.4 is 10.9 Å². The van der Waals surface area contributed by atoms with Crippen molar-refractivity contribution >= 4 is 23.9 Å². The number of phenolic OH excluding ortho intramolecular Hbond substituents is 1. The number of anilines is 2. The number of hydrogen-bond donors (Lipinski definition) is 5. The standard InChI is InChI=1S/C15H13N5O2S/c1-6-9-10(7-4-2-3-5-8(7)21)11-12(16-13(9)20-19-6)17-15(23)18-14(11)22/h2-5,10,21H,1H3,(H4,16,17,18,19,20,22,23)/t10-/m1/s1. The molecule has 0 unspecified atom stereocenters. The van der Waals surface area contributed by atoms with Crippen LogP contribution in [0, 0.1) is 11.7 Å². The van der Waals surface area contributed by atoms with Gasteiger partial charge in [-0.3, -0.25) is 14.9 Å². The molecule has 3 heterocycles. The molecule has 5 N–H and O–H groups in total. The molecule has 0 saturated heterocycles. The zero-order chi connectivity index (χ0) is 16.1. The number of phenols is 1. The summed E-state index contributed by atoms with van der Waals surface area (Å²) >= 11 is 5.04. The Morgan fingerprint density at radius 1 is 1.22 bits per heavy atom. The number of para-hydroxylation sites is 1. The largest absolute Gasteiger partial charge is 0.508 e. The van der Waals surface area contributed by atoms with Gasteiger partial charge in [0.15, 0.2) is 10.6 Å². The molecule has 0 saturated carbocycles. The van der Waals surface area contributed by atoms with Gasteiger partial charge in [0, 0.05) is 16.8 Å². The molecule has 1 aliphatic rings. The van der Waals surface area contributed by atoms with Crippen molar-refractivity contribution in [1.82, 2.24) is 20.2 Å². The number of nitrogens with zero attached hydrogens (tertiary/aromatic N) is 1. The number of rotatable bonds is 1. The lowest BCUT2D eigenvalue weighted by Gasteiger charge is -2.26. The smallest absolute Gasteiger partial charge is 0.257 e. The van der Waals surface area contributed by atoms with Crippen LogP contribution in [0.15, 0.2) is 29.1 Å². The second-order valence-corrected chi connectivity index (χ2v) is 5.83. The van der Waals surface area contributed by atoms with E-state index in [0.717, 1.165) is 11.3 Å². The van der Waals surface area contributed by atoms with E-state index in [1.54, 1.807) is 18.2 Å². The molecule has 1 atom stereocenters. The van der Waals surface area contributed by atoms with Crippen molar-refractivity contribution in [2.75, 3.05) is 5.32 Å². The molecular weight excluding hydrogens is 314 g/mol. The predicted octanol–water partition coefficient (Wildman–Crippen LogP) is 2.41. The van der Waals surface area contributed by atoms with Gasteiger partial charge in [-0.1, -0.05) is 18.2 Å². The van der Waals surface area contributed by atoms with Crippen molar-refractivity contribution < 1.29 is 5.11 Å². The van der Waals surface area contributed by atoms with Gasteiger partial charge in [-0.2, -0.15) is 5.10 Å². The number of aryl methyl sites for hydroxylation is 1. The predicted molar refractivity (Wildman–Crippen MR) is 87.9 cm³/mol. The van der Waals surface area contributed by atoms with Crippen molar-refractivity contribution in [3.05, 3.63) is 61.8 Å². The summed E-state index contributed by atoms with van der Waals surface area (Å²) in [6.45, 7) is 1.88. The van der Waals surface area contributed by atoms with Crippen LogP contribution in [0.4, 0.5) is 11.6 Å². The molecule has 1 aliphatic heterocycles. The van der Waals surface area contributed by atoms with Gasteiger partial charge >= 0.3 is 0 Å². The number of H-pyrrole nitrogens is 3. The summed E-state index contributed by atoms with van der Waals surface area (Å²) in [6.07, 6.45) is 0. The van der Waals surface area contributed by atoms with Gasteiger partial charge in [-0.15, -0.1) is 0 Å². The second kappa shape index (κ2) is 4.82. The van der Waals surface area contributed by atoms with E-state index in [2.05, 4.69) is 25.5 Å². The fourth-order valence-corrected chi connectivity index (χ4v) is 3.26. The maximum absolute atomic E-state index is 12.5. The molecule has 0 bridgehead atoms. The summed E-state index contributed by atoms with van der Waals surface area (Å²) in [5.41, 5.74) is 2.47. The first-order chi connectivity index (χ1) is 11.1. The van der Waals surface area contributed by atoms with E-state index in [0.29, 0.717) is 22.8 Å². The summed E-state index contributed by atoms with van der Waals surface area (Å²) in [6, 6.07) is 6.97. The highest BCUT2D eigenvalue weighted by Crippen LogP contribution is 2.45. The quantitative estimate of drug-likeness (QED) is 0.345. The van der Waals surface area contributed by atoms with Gasteiger partial charge in [0.05, 0.1) is 11.5 Å². The maximum Gasteiger partial charge on any atom is 0.257 e. The molecule has 0 spiro atoms. The average molecular weight is 327 g/mol. The van der Waals surface area contributed by atoms with Gasteiger partial charge in [-0.05, 0) is 25.2 Å². The van der Waals surface area contributed by atoms with Crippen molar-refractivity contribution in [3.8, 4) is 5.75 Å². The molecule has 2 aromatic heterocycles. The van der Waals surface area contributed by atoms with Gasteiger partial charge in [0.1, 0.15) is 11.6 Å². The number of hydrogen-bond acceptors (Lipinski definition) is 5. The summed E-state index contributed by atoms with van der Waals surface area (Å²) in [5.74, 6) is 0.779. The fourth-order valence-electron chi connectivity index (χ4n) is 3.06. The van der Waals surface area contributed by atoms with Gasteiger partial charge in [-0.25, -0.2) is 0 Å². The van der Waals surface area contributed by atoms with Crippen LogP contribution in [0.3, 0.4) is 0 Å². The van der Waals surface area contributed by atoms with Crippen LogP contribution in [-0.2, 0) is 0 Å². The minimum atomic E-state index is -0.447. The summed E-state index contributed by atoms with van der Waals surface area (Å²) in [5, 5.41) is 20.5. The Morgan fingerprint density at radius 2 is 2.00 bits per heavy atom. The lowest BCUT2D eigenvalue weighted by Crippen LogP contribution is -2.25. The number of aromatic nitrogens is 4. The van der Waals surface area contributed by atoms with Crippen LogP contribution in [0.25, 0.3) is 0 Å². The van der Waals surface area contributed by atoms with Crippen molar-refractivity contribution in [1.29, 1.82) is 0 Å². The van der Waals surface area contributed by atoms with E-state index >= 15 is 0 Å². The number of fused-ring (bicyclic) bond motifs is 2. The normalized spacial score (nSPS) is 15.6. The summed E-state index contributed by atoms with van der Waals surface area (Å²) < 4.78 is 0.230. The molecule has 0 aliphatic carbocycles. The SMILES string of the molecule is Cc1[nH]nc2c1[C@@H](c1ccccc1O)c1c([nH]c(=S)[nH]c1=O)N2. The van der Waals surface area contributed by atoms with Crippen molar-refractivity contribution in [2.24, 2.45) is 0 Å². The van der Waals surface area contributed by atoms with E-state index in [1.165, 1.54) is 0 Å². The highest BCUT2D eigenvalue weighted by molar-refractivity contribution is 7.71. The number of nitrogens with one attached hydrogen (secondary N) is 4. The summed E-state index contributed by atoms with van der Waals surface area (Å²) in [7, 11) is 0. The molecular formula is C15H13N5O2S. The third-order valence-corrected chi connectivity index (χ3v) is 4.25. The minimum absolute atomic E-state index is 0.124. The Bertz CT molecular complexity index is 1030. The first-order valence-corrected chi connectivity index (χ1v) is 7.43. The van der Waals surface area contributed by atoms with Crippen LogP contribution in [0.1, 0.15) is 28.3 Å². The Hall–Kier alpha value is -2.87. The Morgan fingerprint density at radius 3 is 2.78 bits per heavy atom. The Kier molecular flexibility index (Phi) is 2.88. The second-order valence-electron chi connectivity index (χ2n) is 5.42. The monoisotopic (exact) mass is 327 g/mol. The van der Waals surface area contributed by atoms with E-state index in [4.69, 9.17) is 12.2 Å². The van der Waals surface area contributed by atoms with Crippen molar-refractivity contribution in [2.45, 2.75) is 12.8 Å². The van der Waals surface area contributed by atoms with Gasteiger partial charge in [0.2, 0.25) is 0 Å². The molecule has 0 amide bonds. The highest BCUT2D eigenvalue weighted by Gasteiger charge is 2.34. The molecule has 8 heteroatoms. The molecule has 7 nitrogen and oxygen atoms in total. The van der Waals surface area contributed by atoms with Gasteiger partial charge < -0.3 is 15.4 Å². The van der Waals surface area contributed by atoms with E-state index < -0.39 is 5.92 Å². The lowest BCUT2D eigenvalue weighted by atomic mass is 9.83. The number of aromatic hydroxyl groups is 1. The van der Waals surface area contributed by atoms with E-state index in [1.807, 2.05) is 13.0 Å². The number of benzene rings is 1. The van der Waals surface area contributed by atoms with Crippen LogP contribution in [0.2, 0.25) is 0 Å². The Balaban J connectivity index is 2.09. The van der Waals surface area contributed by atoms with Crippen LogP contribution in [-0.4, -0.2) is 25.3 Å². The molecule has 0 fully saturated rings. The first kappa shape index (κ1) is 13.8.